The van der Waals surface area contributed by atoms with Crippen molar-refractivity contribution in [3.8, 4) is 5.75 Å². The van der Waals surface area contributed by atoms with Crippen molar-refractivity contribution in [1.82, 2.24) is 0 Å². The van der Waals surface area contributed by atoms with E-state index in [1.165, 1.54) is 0 Å². The van der Waals surface area contributed by atoms with Crippen LogP contribution in [0.5, 0.6) is 5.75 Å². The summed E-state index contributed by atoms with van der Waals surface area (Å²) < 4.78 is 5.77. The Morgan fingerprint density at radius 1 is 1.24 bits per heavy atom. The number of hydrogen-bond acceptors (Lipinski definition) is 2. The van der Waals surface area contributed by atoms with Gasteiger partial charge in [0.1, 0.15) is 5.75 Å². The lowest BCUT2D eigenvalue weighted by molar-refractivity contribution is 0.167. The van der Waals surface area contributed by atoms with E-state index in [0.717, 1.165) is 34.9 Å². The van der Waals surface area contributed by atoms with Crippen LogP contribution in [0.1, 0.15) is 24.5 Å². The predicted molar refractivity (Wildman–Crippen MR) is 68.6 cm³/mol. The smallest absolute Gasteiger partial charge is 0.133 e. The average molecular weight is 249 g/mol. The molecule has 1 N–H and O–H groups in total. The Hall–Kier alpha value is -1.25. The average Bonchev–Trinajstić information content (AvgIpc) is 2.53. The van der Waals surface area contributed by atoms with E-state index >= 15 is 0 Å². The van der Waals surface area contributed by atoms with Gasteiger partial charge in [-0.25, -0.2) is 0 Å². The molecule has 2 aromatic carbocycles. The number of hydrogen-bond donors (Lipinski definition) is 1. The first-order chi connectivity index (χ1) is 8.27. The second-order valence-electron chi connectivity index (χ2n) is 4.33. The molecular formula is C14H13ClO2. The Bertz CT molecular complexity index is 565. The van der Waals surface area contributed by atoms with Gasteiger partial charge in [0.25, 0.3) is 0 Å². The molecule has 0 aromatic heterocycles. The van der Waals surface area contributed by atoms with E-state index in [1.54, 1.807) is 0 Å². The molecule has 3 rings (SSSR count). The van der Waals surface area contributed by atoms with Gasteiger partial charge in [-0.1, -0.05) is 35.9 Å². The number of benzene rings is 2. The zero-order chi connectivity index (χ0) is 11.8. The molecule has 0 radical (unpaired) electrons. The van der Waals surface area contributed by atoms with E-state index < -0.39 is 6.10 Å². The molecule has 0 spiro atoms. The summed E-state index contributed by atoms with van der Waals surface area (Å²) in [6, 6.07) is 9.69. The van der Waals surface area contributed by atoms with Crippen LogP contribution in [0.25, 0.3) is 10.8 Å². The molecule has 1 aliphatic rings. The molecule has 0 amide bonds. The van der Waals surface area contributed by atoms with Crippen LogP contribution < -0.4 is 4.74 Å². The molecule has 1 aliphatic heterocycles. The van der Waals surface area contributed by atoms with Crippen LogP contribution in [0, 0.1) is 0 Å². The molecule has 17 heavy (non-hydrogen) atoms. The summed E-state index contributed by atoms with van der Waals surface area (Å²) in [5.74, 6) is 0.787. The summed E-state index contributed by atoms with van der Waals surface area (Å²) in [6.07, 6.45) is 1.11. The van der Waals surface area contributed by atoms with Crippen molar-refractivity contribution >= 4 is 22.4 Å². The molecule has 1 unspecified atom stereocenters. The van der Waals surface area contributed by atoms with Gasteiger partial charge in [-0.2, -0.15) is 0 Å². The van der Waals surface area contributed by atoms with Crippen LogP contribution in [-0.2, 0) is 0 Å². The Balaban J connectivity index is 2.34. The van der Waals surface area contributed by atoms with Gasteiger partial charge in [-0.3, -0.25) is 0 Å². The zero-order valence-electron chi connectivity index (χ0n) is 9.32. The Labute approximate surface area is 105 Å². The van der Waals surface area contributed by atoms with Gasteiger partial charge in [-0.05, 0) is 18.9 Å². The first-order valence-corrected chi connectivity index (χ1v) is 6.17. The largest absolute Gasteiger partial charge is 0.493 e. The van der Waals surface area contributed by atoms with Gasteiger partial charge >= 0.3 is 0 Å². The third-order valence-electron chi connectivity index (χ3n) is 3.20. The van der Waals surface area contributed by atoms with Gasteiger partial charge in [0.2, 0.25) is 0 Å². The van der Waals surface area contributed by atoms with Crippen LogP contribution >= 0.6 is 11.6 Å². The van der Waals surface area contributed by atoms with Crippen LogP contribution in [0.3, 0.4) is 0 Å². The Morgan fingerprint density at radius 3 is 2.82 bits per heavy atom. The molecular weight excluding hydrogens is 236 g/mol. The van der Waals surface area contributed by atoms with Crippen molar-refractivity contribution in [1.29, 1.82) is 0 Å². The molecule has 0 bridgehead atoms. The summed E-state index contributed by atoms with van der Waals surface area (Å²) in [4.78, 5) is 0. The number of aliphatic hydroxyl groups is 1. The molecule has 2 nitrogen and oxygen atoms in total. The number of ether oxygens (including phenoxy) is 1. The summed E-state index contributed by atoms with van der Waals surface area (Å²) in [5, 5.41) is 12.7. The molecule has 0 fully saturated rings. The first kappa shape index (κ1) is 10.9. The van der Waals surface area contributed by atoms with E-state index in [4.69, 9.17) is 16.3 Å². The fourth-order valence-electron chi connectivity index (χ4n) is 2.34. The fraction of sp³-hybridized carbons (Fsp3) is 0.286. The Kier molecular flexibility index (Phi) is 2.69. The van der Waals surface area contributed by atoms with Crippen molar-refractivity contribution in [3.05, 3.63) is 40.9 Å². The predicted octanol–water partition coefficient (Wildman–Crippen LogP) is 3.70. The first-order valence-electron chi connectivity index (χ1n) is 5.79. The highest BCUT2D eigenvalue weighted by Gasteiger charge is 2.21. The molecule has 0 saturated heterocycles. The molecule has 0 aliphatic carbocycles. The fourth-order valence-corrected chi connectivity index (χ4v) is 2.62. The minimum absolute atomic E-state index is 0.477. The lowest BCUT2D eigenvalue weighted by atomic mass is 10.00. The maximum atomic E-state index is 10.1. The number of aliphatic hydroxyl groups excluding tert-OH is 1. The van der Waals surface area contributed by atoms with Crippen molar-refractivity contribution in [2.75, 3.05) is 6.61 Å². The van der Waals surface area contributed by atoms with E-state index in [9.17, 15) is 5.11 Å². The third kappa shape index (κ3) is 1.78. The van der Waals surface area contributed by atoms with E-state index in [0.29, 0.717) is 11.6 Å². The minimum Gasteiger partial charge on any atom is -0.493 e. The van der Waals surface area contributed by atoms with Crippen molar-refractivity contribution in [2.45, 2.75) is 18.9 Å². The standard InChI is InChI=1S/C14H13ClO2/c15-12-8-11-13(16)6-3-7-17-14(11)10-5-2-1-4-9(10)12/h1-2,4-5,8,13,16H,3,6-7H2. The Morgan fingerprint density at radius 2 is 2.00 bits per heavy atom. The maximum Gasteiger partial charge on any atom is 0.133 e. The summed E-state index contributed by atoms with van der Waals surface area (Å²) >= 11 is 6.25. The quantitative estimate of drug-likeness (QED) is 0.770. The molecule has 3 heteroatoms. The van der Waals surface area contributed by atoms with Gasteiger partial charge in [0.05, 0.1) is 12.7 Å². The monoisotopic (exact) mass is 248 g/mol. The van der Waals surface area contributed by atoms with Crippen LogP contribution in [-0.4, -0.2) is 11.7 Å². The topological polar surface area (TPSA) is 29.5 Å². The van der Waals surface area contributed by atoms with Crippen molar-refractivity contribution in [2.24, 2.45) is 0 Å². The maximum absolute atomic E-state index is 10.1. The molecule has 88 valence electrons. The van der Waals surface area contributed by atoms with E-state index in [1.807, 2.05) is 30.3 Å². The minimum atomic E-state index is -0.477. The lowest BCUT2D eigenvalue weighted by Crippen LogP contribution is -1.97. The zero-order valence-corrected chi connectivity index (χ0v) is 10.1. The SMILES string of the molecule is OC1CCCOc2c1cc(Cl)c1ccccc21. The number of halogens is 1. The molecule has 2 aromatic rings. The second kappa shape index (κ2) is 4.21. The highest BCUT2D eigenvalue weighted by atomic mass is 35.5. The lowest BCUT2D eigenvalue weighted by Gasteiger charge is -2.14. The van der Waals surface area contributed by atoms with Crippen molar-refractivity contribution in [3.63, 3.8) is 0 Å². The van der Waals surface area contributed by atoms with Gasteiger partial charge in [0, 0.05) is 21.4 Å². The normalized spacial score (nSPS) is 19.5. The van der Waals surface area contributed by atoms with Crippen LogP contribution in [0.15, 0.2) is 30.3 Å². The summed E-state index contributed by atoms with van der Waals surface area (Å²) in [7, 11) is 0. The van der Waals surface area contributed by atoms with E-state index in [2.05, 4.69) is 0 Å². The van der Waals surface area contributed by atoms with Crippen LogP contribution in [0.4, 0.5) is 0 Å². The highest BCUT2D eigenvalue weighted by Crippen LogP contribution is 2.40. The van der Waals surface area contributed by atoms with Gasteiger partial charge in [-0.15, -0.1) is 0 Å². The van der Waals surface area contributed by atoms with Gasteiger partial charge < -0.3 is 9.84 Å². The third-order valence-corrected chi connectivity index (χ3v) is 3.51. The molecule has 0 saturated carbocycles. The second-order valence-corrected chi connectivity index (χ2v) is 4.74. The summed E-state index contributed by atoms with van der Waals surface area (Å²) in [5.41, 5.74) is 0.811. The molecule has 1 heterocycles. The summed E-state index contributed by atoms with van der Waals surface area (Å²) in [6.45, 7) is 0.648. The van der Waals surface area contributed by atoms with Gasteiger partial charge in [0.15, 0.2) is 0 Å². The van der Waals surface area contributed by atoms with E-state index in [-0.39, 0.29) is 0 Å². The number of rotatable bonds is 0. The number of fused-ring (bicyclic) bond motifs is 3. The molecule has 1 atom stereocenters. The van der Waals surface area contributed by atoms with Crippen LogP contribution in [0.2, 0.25) is 5.02 Å². The van der Waals surface area contributed by atoms with Crippen molar-refractivity contribution < 1.29 is 9.84 Å². The highest BCUT2D eigenvalue weighted by molar-refractivity contribution is 6.36.